The molecule has 8 N–H and O–H groups in total. The minimum atomic E-state index is -1.19. The molecule has 214 valence electrons. The van der Waals surface area contributed by atoms with Gasteiger partial charge in [-0.15, -0.1) is 0 Å². The summed E-state index contributed by atoms with van der Waals surface area (Å²) in [6.07, 6.45) is 2.01. The summed E-state index contributed by atoms with van der Waals surface area (Å²) in [6, 6.07) is 9.38. The van der Waals surface area contributed by atoms with E-state index in [0.29, 0.717) is 0 Å². The van der Waals surface area contributed by atoms with Crippen molar-refractivity contribution in [2.75, 3.05) is 5.75 Å². The van der Waals surface area contributed by atoms with E-state index in [4.69, 9.17) is 5.73 Å². The Morgan fingerprint density at radius 1 is 0.900 bits per heavy atom. The number of aromatic nitrogens is 1. The van der Waals surface area contributed by atoms with Crippen molar-refractivity contribution in [3.8, 4) is 5.75 Å². The fourth-order valence-corrected chi connectivity index (χ4v) is 4.48. The highest BCUT2D eigenvalue weighted by molar-refractivity contribution is 7.80. The normalized spacial score (nSPS) is 14.2. The molecule has 0 spiro atoms. The molecule has 4 unspecified atom stereocenters. The molecule has 0 saturated heterocycles. The fourth-order valence-electron chi connectivity index (χ4n) is 4.22. The number of amides is 3. The van der Waals surface area contributed by atoms with Crippen LogP contribution >= 0.6 is 12.6 Å². The third kappa shape index (κ3) is 7.99. The first-order valence-corrected chi connectivity index (χ1v) is 13.5. The van der Waals surface area contributed by atoms with Gasteiger partial charge >= 0.3 is 5.97 Å². The van der Waals surface area contributed by atoms with E-state index >= 15 is 0 Å². The summed E-state index contributed by atoms with van der Waals surface area (Å²) in [7, 11) is 0. The van der Waals surface area contributed by atoms with Crippen molar-refractivity contribution in [2.45, 2.75) is 50.9 Å². The van der Waals surface area contributed by atoms with Crippen LogP contribution in [0.1, 0.15) is 25.0 Å². The molecule has 40 heavy (non-hydrogen) atoms. The lowest BCUT2D eigenvalue weighted by Crippen LogP contribution is -2.58. The number of thiol groups is 1. The van der Waals surface area contributed by atoms with Crippen molar-refractivity contribution >= 4 is 47.2 Å². The Kier molecular flexibility index (Phi) is 10.6. The number of fused-ring (bicyclic) bond motifs is 1. The van der Waals surface area contributed by atoms with Gasteiger partial charge in [-0.1, -0.05) is 44.2 Å². The van der Waals surface area contributed by atoms with Gasteiger partial charge in [0.25, 0.3) is 0 Å². The Balaban J connectivity index is 1.79. The predicted molar refractivity (Wildman–Crippen MR) is 154 cm³/mol. The minimum Gasteiger partial charge on any atom is -0.508 e. The molecule has 12 heteroatoms. The number of carbonyl (C=O) groups excluding carboxylic acids is 3. The third-order valence-corrected chi connectivity index (χ3v) is 6.87. The van der Waals surface area contributed by atoms with Crippen LogP contribution < -0.4 is 21.7 Å². The quantitative estimate of drug-likeness (QED) is 0.142. The van der Waals surface area contributed by atoms with E-state index in [9.17, 15) is 29.4 Å². The Bertz CT molecular complexity index is 1340. The second kappa shape index (κ2) is 13.9. The zero-order valence-corrected chi connectivity index (χ0v) is 23.2. The van der Waals surface area contributed by atoms with Gasteiger partial charge in [-0.05, 0) is 41.7 Å². The number of hydrogen-bond donors (Lipinski definition) is 8. The van der Waals surface area contributed by atoms with Crippen LogP contribution in [-0.2, 0) is 32.0 Å². The molecule has 3 rings (SSSR count). The summed E-state index contributed by atoms with van der Waals surface area (Å²) in [6.45, 7) is 3.31. The standard InChI is InChI=1S/C28H35N5O6S/c1-15(2)24(28(38)39)33-27(37)23(14-40)32-26(36)22(12-17-13-30-21-6-4-3-5-19(17)21)31-25(35)20(29)11-16-7-9-18(34)10-8-16/h3-10,13,15,20,22-24,30,34,40H,11-12,14,29H2,1-2H3,(H,31,35)(H,32,36)(H,33,37)(H,38,39). The highest BCUT2D eigenvalue weighted by Crippen LogP contribution is 2.19. The zero-order valence-electron chi connectivity index (χ0n) is 22.3. The second-order valence-corrected chi connectivity index (χ2v) is 10.3. The summed E-state index contributed by atoms with van der Waals surface area (Å²) in [5.41, 5.74) is 8.49. The molecule has 2 aromatic carbocycles. The van der Waals surface area contributed by atoms with Gasteiger partial charge in [0.2, 0.25) is 17.7 Å². The van der Waals surface area contributed by atoms with Gasteiger partial charge < -0.3 is 36.9 Å². The highest BCUT2D eigenvalue weighted by Gasteiger charge is 2.31. The maximum absolute atomic E-state index is 13.5. The van der Waals surface area contributed by atoms with E-state index in [2.05, 4.69) is 33.6 Å². The summed E-state index contributed by atoms with van der Waals surface area (Å²) >= 11 is 4.17. The number of aromatic amines is 1. The zero-order chi connectivity index (χ0) is 29.4. The number of benzene rings is 2. The van der Waals surface area contributed by atoms with Crippen molar-refractivity contribution in [2.24, 2.45) is 11.7 Å². The van der Waals surface area contributed by atoms with Crippen molar-refractivity contribution in [3.05, 3.63) is 65.9 Å². The molecule has 0 aliphatic heterocycles. The Labute approximate surface area is 237 Å². The first-order chi connectivity index (χ1) is 19.0. The van der Waals surface area contributed by atoms with E-state index in [1.54, 1.807) is 32.2 Å². The molecular weight excluding hydrogens is 534 g/mol. The Morgan fingerprint density at radius 3 is 2.15 bits per heavy atom. The average molecular weight is 570 g/mol. The molecule has 0 aliphatic rings. The van der Waals surface area contributed by atoms with Crippen LogP contribution in [0.15, 0.2) is 54.7 Å². The number of H-pyrrole nitrogens is 1. The van der Waals surface area contributed by atoms with Crippen molar-refractivity contribution in [1.29, 1.82) is 0 Å². The Hall–Kier alpha value is -4.03. The number of nitrogens with one attached hydrogen (secondary N) is 4. The van der Waals surface area contributed by atoms with Gasteiger partial charge in [-0.25, -0.2) is 4.79 Å². The SMILES string of the molecule is CC(C)C(NC(=O)C(CS)NC(=O)C(Cc1c[nH]c2ccccc12)NC(=O)C(N)Cc1ccc(O)cc1)C(=O)O. The molecule has 1 heterocycles. The number of carboxylic acids is 1. The number of aliphatic carboxylic acids is 1. The van der Waals surface area contributed by atoms with Crippen LogP contribution in [-0.4, -0.2) is 68.8 Å². The summed E-state index contributed by atoms with van der Waals surface area (Å²) in [5.74, 6) is -3.53. The minimum absolute atomic E-state index is 0.0862. The fraction of sp³-hybridized carbons (Fsp3) is 0.357. The maximum atomic E-state index is 13.5. The number of carboxylic acid groups (broad SMARTS) is 1. The van der Waals surface area contributed by atoms with Crippen LogP contribution in [0.4, 0.5) is 0 Å². The topological polar surface area (TPSA) is 187 Å². The first kappa shape index (κ1) is 30.5. The van der Waals surface area contributed by atoms with Gasteiger partial charge in [0, 0.05) is 29.3 Å². The molecule has 0 aliphatic carbocycles. The number of rotatable bonds is 13. The van der Waals surface area contributed by atoms with Crippen LogP contribution in [0.2, 0.25) is 0 Å². The average Bonchev–Trinajstić information content (AvgIpc) is 3.33. The van der Waals surface area contributed by atoms with Crippen molar-refractivity contribution < 1.29 is 29.4 Å². The van der Waals surface area contributed by atoms with Crippen LogP contribution in [0, 0.1) is 5.92 Å². The molecule has 11 nitrogen and oxygen atoms in total. The van der Waals surface area contributed by atoms with Crippen LogP contribution in [0.3, 0.4) is 0 Å². The third-order valence-electron chi connectivity index (χ3n) is 6.51. The molecule has 3 amide bonds. The van der Waals surface area contributed by atoms with Gasteiger partial charge in [-0.3, -0.25) is 14.4 Å². The lowest BCUT2D eigenvalue weighted by atomic mass is 10.0. The molecular formula is C28H35N5O6S. The molecule has 4 atom stereocenters. The van der Waals surface area contributed by atoms with Gasteiger partial charge in [0.05, 0.1) is 6.04 Å². The lowest BCUT2D eigenvalue weighted by Gasteiger charge is -2.25. The molecule has 3 aromatic rings. The van der Waals surface area contributed by atoms with E-state index in [-0.39, 0.29) is 30.3 Å². The number of hydrogen-bond acceptors (Lipinski definition) is 7. The number of phenols is 1. The molecule has 0 radical (unpaired) electrons. The largest absolute Gasteiger partial charge is 0.508 e. The van der Waals surface area contributed by atoms with E-state index in [1.807, 2.05) is 24.3 Å². The molecule has 0 bridgehead atoms. The van der Waals surface area contributed by atoms with Crippen LogP contribution in [0.25, 0.3) is 10.9 Å². The monoisotopic (exact) mass is 569 g/mol. The predicted octanol–water partition coefficient (Wildman–Crippen LogP) is 1.11. The van der Waals surface area contributed by atoms with Crippen molar-refractivity contribution in [1.82, 2.24) is 20.9 Å². The van der Waals surface area contributed by atoms with E-state index in [0.717, 1.165) is 22.0 Å². The van der Waals surface area contributed by atoms with Gasteiger partial charge in [-0.2, -0.15) is 12.6 Å². The number of carbonyl (C=O) groups is 4. The molecule has 1 aromatic heterocycles. The van der Waals surface area contributed by atoms with E-state index in [1.165, 1.54) is 12.1 Å². The summed E-state index contributed by atoms with van der Waals surface area (Å²) in [5, 5.41) is 27.5. The summed E-state index contributed by atoms with van der Waals surface area (Å²) < 4.78 is 0. The van der Waals surface area contributed by atoms with E-state index < -0.39 is 47.9 Å². The molecule has 0 fully saturated rings. The number of para-hydroxylation sites is 1. The number of nitrogens with two attached hydrogens (primary N) is 1. The Morgan fingerprint density at radius 2 is 1.52 bits per heavy atom. The van der Waals surface area contributed by atoms with Crippen molar-refractivity contribution in [3.63, 3.8) is 0 Å². The van der Waals surface area contributed by atoms with Gasteiger partial charge in [0.15, 0.2) is 0 Å². The maximum Gasteiger partial charge on any atom is 0.326 e. The number of phenolic OH excluding ortho intramolecular Hbond substituents is 1. The lowest BCUT2D eigenvalue weighted by molar-refractivity contribution is -0.143. The van der Waals surface area contributed by atoms with Crippen LogP contribution in [0.5, 0.6) is 5.75 Å². The summed E-state index contributed by atoms with van der Waals surface area (Å²) in [4.78, 5) is 54.0. The van der Waals surface area contributed by atoms with Gasteiger partial charge in [0.1, 0.15) is 23.9 Å². The first-order valence-electron chi connectivity index (χ1n) is 12.8. The molecule has 0 saturated carbocycles. The smallest absolute Gasteiger partial charge is 0.326 e. The second-order valence-electron chi connectivity index (χ2n) is 9.91. The number of aromatic hydroxyl groups is 1. The highest BCUT2D eigenvalue weighted by atomic mass is 32.1.